The van der Waals surface area contributed by atoms with Crippen molar-refractivity contribution in [3.63, 3.8) is 0 Å². The number of hydroxylamine groups is 1. The Labute approximate surface area is 93.0 Å². The molecule has 0 amide bonds. The SMILES string of the molecule is CC(C)(C)S(=O)(=O)CCNOCC(F)(F)F. The quantitative estimate of drug-likeness (QED) is 0.600. The lowest BCUT2D eigenvalue weighted by Crippen LogP contribution is -2.35. The number of alkyl halides is 3. The second kappa shape index (κ2) is 5.33. The van der Waals surface area contributed by atoms with Gasteiger partial charge in [-0.2, -0.15) is 13.2 Å². The Hall–Kier alpha value is -0.340. The highest BCUT2D eigenvalue weighted by molar-refractivity contribution is 7.92. The van der Waals surface area contributed by atoms with E-state index >= 15 is 0 Å². The van der Waals surface area contributed by atoms with Crippen molar-refractivity contribution in [2.24, 2.45) is 0 Å². The second-order valence-electron chi connectivity index (χ2n) is 4.23. The van der Waals surface area contributed by atoms with Crippen LogP contribution in [0.5, 0.6) is 0 Å². The van der Waals surface area contributed by atoms with Gasteiger partial charge in [-0.15, -0.1) is 0 Å². The molecule has 8 heteroatoms. The Morgan fingerprint density at radius 2 is 1.69 bits per heavy atom. The number of halogens is 3. The average molecular weight is 263 g/mol. The molecule has 0 fully saturated rings. The molecule has 0 saturated heterocycles. The molecule has 4 nitrogen and oxygen atoms in total. The molecule has 0 heterocycles. The lowest BCUT2D eigenvalue weighted by molar-refractivity contribution is -0.188. The summed E-state index contributed by atoms with van der Waals surface area (Å²) in [6, 6.07) is 0. The highest BCUT2D eigenvalue weighted by Gasteiger charge is 2.29. The van der Waals surface area contributed by atoms with E-state index in [4.69, 9.17) is 0 Å². The molecule has 1 N–H and O–H groups in total. The molecular formula is C8H16F3NO3S. The fourth-order valence-electron chi connectivity index (χ4n) is 0.687. The van der Waals surface area contributed by atoms with Crippen LogP contribution in [-0.2, 0) is 14.7 Å². The second-order valence-corrected chi connectivity index (χ2v) is 7.09. The van der Waals surface area contributed by atoms with Gasteiger partial charge in [0, 0.05) is 6.54 Å². The summed E-state index contributed by atoms with van der Waals surface area (Å²) in [5.74, 6) is -0.269. The normalized spacial score (nSPS) is 14.1. The van der Waals surface area contributed by atoms with E-state index in [9.17, 15) is 21.6 Å². The maximum absolute atomic E-state index is 11.6. The number of hydrogen-bond acceptors (Lipinski definition) is 4. The van der Waals surface area contributed by atoms with Gasteiger partial charge < -0.3 is 0 Å². The fourth-order valence-corrected chi connectivity index (χ4v) is 1.65. The molecular weight excluding hydrogens is 247 g/mol. The van der Waals surface area contributed by atoms with Gasteiger partial charge in [-0.3, -0.25) is 4.84 Å². The lowest BCUT2D eigenvalue weighted by atomic mass is 10.3. The van der Waals surface area contributed by atoms with E-state index in [2.05, 4.69) is 4.84 Å². The molecule has 0 bridgehead atoms. The van der Waals surface area contributed by atoms with E-state index in [1.807, 2.05) is 5.48 Å². The smallest absolute Gasteiger partial charge is 0.292 e. The van der Waals surface area contributed by atoms with Crippen molar-refractivity contribution in [2.45, 2.75) is 31.7 Å². The van der Waals surface area contributed by atoms with E-state index in [0.29, 0.717) is 0 Å². The molecule has 16 heavy (non-hydrogen) atoms. The maximum Gasteiger partial charge on any atom is 0.413 e. The molecule has 0 unspecified atom stereocenters. The Kier molecular flexibility index (Phi) is 5.21. The monoisotopic (exact) mass is 263 g/mol. The summed E-state index contributed by atoms with van der Waals surface area (Å²) < 4.78 is 56.9. The van der Waals surface area contributed by atoms with Crippen LogP contribution in [0.4, 0.5) is 13.2 Å². The van der Waals surface area contributed by atoms with Gasteiger partial charge in [-0.1, -0.05) is 0 Å². The van der Waals surface area contributed by atoms with Crippen molar-refractivity contribution in [3.05, 3.63) is 0 Å². The minimum Gasteiger partial charge on any atom is -0.292 e. The molecule has 0 rings (SSSR count). The van der Waals surface area contributed by atoms with E-state index in [1.54, 1.807) is 0 Å². The number of hydrogen-bond donors (Lipinski definition) is 1. The van der Waals surface area contributed by atoms with Crippen molar-refractivity contribution in [3.8, 4) is 0 Å². The number of sulfone groups is 1. The van der Waals surface area contributed by atoms with Crippen molar-refractivity contribution >= 4 is 9.84 Å². The van der Waals surface area contributed by atoms with Crippen molar-refractivity contribution < 1.29 is 26.4 Å². The van der Waals surface area contributed by atoms with Gasteiger partial charge in [0.2, 0.25) is 0 Å². The Morgan fingerprint density at radius 1 is 1.19 bits per heavy atom. The third kappa shape index (κ3) is 6.29. The van der Waals surface area contributed by atoms with Crippen molar-refractivity contribution in [2.75, 3.05) is 18.9 Å². The molecule has 0 aliphatic rings. The summed E-state index contributed by atoms with van der Waals surface area (Å²) in [6.07, 6.45) is -4.42. The van der Waals surface area contributed by atoms with Crippen LogP contribution in [0.1, 0.15) is 20.8 Å². The molecule has 0 aliphatic heterocycles. The predicted octanol–water partition coefficient (Wildman–Crippen LogP) is 1.28. The van der Waals surface area contributed by atoms with Crippen molar-refractivity contribution in [1.82, 2.24) is 5.48 Å². The van der Waals surface area contributed by atoms with Crippen LogP contribution in [-0.4, -0.2) is 38.2 Å². The van der Waals surface area contributed by atoms with Gasteiger partial charge in [-0.05, 0) is 20.8 Å². The molecule has 0 aliphatic carbocycles. The highest BCUT2D eigenvalue weighted by atomic mass is 32.2. The van der Waals surface area contributed by atoms with E-state index in [1.165, 1.54) is 20.8 Å². The predicted molar refractivity (Wildman–Crippen MR) is 53.5 cm³/mol. The summed E-state index contributed by atoms with van der Waals surface area (Å²) in [6.45, 7) is 2.97. The van der Waals surface area contributed by atoms with Gasteiger partial charge in [-0.25, -0.2) is 13.9 Å². The molecule has 98 valence electrons. The van der Waals surface area contributed by atoms with Gasteiger partial charge in [0.1, 0.15) is 0 Å². The summed E-state index contributed by atoms with van der Waals surface area (Å²) in [5, 5.41) is 0. The summed E-state index contributed by atoms with van der Waals surface area (Å²) >= 11 is 0. The first-order chi connectivity index (χ1) is 6.96. The highest BCUT2D eigenvalue weighted by Crippen LogP contribution is 2.15. The van der Waals surface area contributed by atoms with E-state index in [0.717, 1.165) is 0 Å². The molecule has 0 aromatic heterocycles. The van der Waals surface area contributed by atoms with Crippen LogP contribution in [0.25, 0.3) is 0 Å². The van der Waals surface area contributed by atoms with Gasteiger partial charge in [0.05, 0.1) is 10.5 Å². The van der Waals surface area contributed by atoms with E-state index < -0.39 is 27.4 Å². The van der Waals surface area contributed by atoms with Crippen LogP contribution in [0.3, 0.4) is 0 Å². The Bertz CT molecular complexity index is 305. The minimum absolute atomic E-state index is 0.171. The zero-order valence-corrected chi connectivity index (χ0v) is 10.2. The number of nitrogens with one attached hydrogen (secondary N) is 1. The number of rotatable bonds is 5. The topological polar surface area (TPSA) is 55.4 Å². The van der Waals surface area contributed by atoms with Crippen LogP contribution in [0.15, 0.2) is 0 Å². The molecule has 0 radical (unpaired) electrons. The summed E-state index contributed by atoms with van der Waals surface area (Å²) in [7, 11) is -3.34. The lowest BCUT2D eigenvalue weighted by Gasteiger charge is -2.19. The fraction of sp³-hybridized carbons (Fsp3) is 1.00. The van der Waals surface area contributed by atoms with Gasteiger partial charge in [0.25, 0.3) is 0 Å². The van der Waals surface area contributed by atoms with Crippen LogP contribution >= 0.6 is 0 Å². The maximum atomic E-state index is 11.6. The first-order valence-corrected chi connectivity index (χ1v) is 6.25. The third-order valence-corrected chi connectivity index (χ3v) is 4.35. The minimum atomic E-state index is -4.42. The average Bonchev–Trinajstić information content (AvgIpc) is 1.98. The molecule has 0 spiro atoms. The molecule has 0 aromatic carbocycles. The van der Waals surface area contributed by atoms with Crippen LogP contribution in [0, 0.1) is 0 Å². The summed E-state index contributed by atoms with van der Waals surface area (Å²) in [5.41, 5.74) is 1.97. The van der Waals surface area contributed by atoms with Crippen LogP contribution < -0.4 is 5.48 Å². The van der Waals surface area contributed by atoms with Crippen LogP contribution in [0.2, 0.25) is 0 Å². The molecule has 0 saturated carbocycles. The zero-order valence-electron chi connectivity index (χ0n) is 9.39. The Morgan fingerprint density at radius 3 is 2.06 bits per heavy atom. The summed E-state index contributed by atoms with van der Waals surface area (Å²) in [4.78, 5) is 4.07. The molecule has 0 aromatic rings. The standard InChI is InChI=1S/C8H16F3NO3S/c1-7(2,3)16(13,14)5-4-12-15-6-8(9,10)11/h12H,4-6H2,1-3H3. The van der Waals surface area contributed by atoms with Gasteiger partial charge in [0.15, 0.2) is 16.4 Å². The largest absolute Gasteiger partial charge is 0.413 e. The molecule has 0 atom stereocenters. The van der Waals surface area contributed by atoms with E-state index in [-0.39, 0.29) is 12.3 Å². The zero-order chi connectivity index (χ0) is 13.0. The first kappa shape index (κ1) is 15.7. The third-order valence-electron chi connectivity index (χ3n) is 1.74. The first-order valence-electron chi connectivity index (χ1n) is 4.59. The van der Waals surface area contributed by atoms with Gasteiger partial charge >= 0.3 is 6.18 Å². The van der Waals surface area contributed by atoms with Crippen molar-refractivity contribution in [1.29, 1.82) is 0 Å². The Balaban J connectivity index is 3.85.